The van der Waals surface area contributed by atoms with E-state index in [1.807, 2.05) is 6.92 Å². The highest BCUT2D eigenvalue weighted by Gasteiger charge is 2.29. The first kappa shape index (κ1) is 17.7. The van der Waals surface area contributed by atoms with Crippen LogP contribution in [-0.4, -0.2) is 20.7 Å². The Balaban J connectivity index is 1.70. The monoisotopic (exact) mass is 360 g/mol. The molecule has 1 amide bonds. The first-order valence-electron chi connectivity index (χ1n) is 7.70. The van der Waals surface area contributed by atoms with E-state index in [1.54, 1.807) is 17.8 Å². The van der Waals surface area contributed by atoms with Crippen molar-refractivity contribution in [2.45, 2.75) is 13.1 Å². The maximum absolute atomic E-state index is 12.5. The second-order valence-electron chi connectivity index (χ2n) is 5.75. The Hall–Kier alpha value is -3.16. The number of nitrogens with zero attached hydrogens (tertiary/aromatic N) is 3. The molecule has 0 bridgehead atoms. The number of hydrogen-bond acceptors (Lipinski definition) is 3. The first-order chi connectivity index (χ1) is 12.2. The zero-order chi connectivity index (χ0) is 18.9. The maximum atomic E-state index is 12.5. The zero-order valence-corrected chi connectivity index (χ0v) is 14.0. The van der Waals surface area contributed by atoms with Gasteiger partial charge in [-0.2, -0.15) is 18.3 Å². The van der Waals surface area contributed by atoms with Gasteiger partial charge in [-0.05, 0) is 36.8 Å². The molecule has 0 aliphatic heterocycles. The van der Waals surface area contributed by atoms with E-state index in [1.165, 1.54) is 30.5 Å². The van der Waals surface area contributed by atoms with Crippen molar-refractivity contribution >= 4 is 28.7 Å². The van der Waals surface area contributed by atoms with Crippen LogP contribution in [0, 0.1) is 6.92 Å². The number of hydrogen-bond donors (Lipinski definition) is 1. The number of fused-ring (bicyclic) bond motifs is 1. The number of amides is 1. The summed E-state index contributed by atoms with van der Waals surface area (Å²) < 4.78 is 39.2. The quantitative estimate of drug-likeness (QED) is 0.720. The van der Waals surface area contributed by atoms with Crippen LogP contribution in [0.3, 0.4) is 0 Å². The molecule has 0 fully saturated rings. The molecule has 0 spiro atoms. The van der Waals surface area contributed by atoms with Crippen LogP contribution in [0.4, 0.5) is 18.9 Å². The maximum Gasteiger partial charge on any atom is 0.416 e. The van der Waals surface area contributed by atoms with Gasteiger partial charge in [0.1, 0.15) is 0 Å². The smallest absolute Gasteiger partial charge is 0.321 e. The lowest BCUT2D eigenvalue weighted by atomic mass is 10.1. The van der Waals surface area contributed by atoms with E-state index in [0.29, 0.717) is 16.9 Å². The van der Waals surface area contributed by atoms with Crippen LogP contribution in [0.5, 0.6) is 0 Å². The number of rotatable bonds is 3. The van der Waals surface area contributed by atoms with Gasteiger partial charge < -0.3 is 5.32 Å². The highest BCUT2D eigenvalue weighted by molar-refractivity contribution is 6.02. The largest absolute Gasteiger partial charge is 0.416 e. The minimum absolute atomic E-state index is 0.410. The van der Waals surface area contributed by atoms with Crippen molar-refractivity contribution in [1.29, 1.82) is 0 Å². The molecular weight excluding hydrogens is 345 g/mol. The Morgan fingerprint density at radius 1 is 1.23 bits per heavy atom. The SMILES string of the molecule is Cc1nn(C)c2ncc(NC(=O)/C=C/c3ccc(C(F)(F)F)cc3)cc12. The lowest BCUT2D eigenvalue weighted by Gasteiger charge is -2.06. The normalized spacial score (nSPS) is 12.0. The van der Waals surface area contributed by atoms with Crippen LogP contribution in [0.2, 0.25) is 0 Å². The first-order valence-corrected chi connectivity index (χ1v) is 7.70. The summed E-state index contributed by atoms with van der Waals surface area (Å²) >= 11 is 0. The minimum Gasteiger partial charge on any atom is -0.321 e. The lowest BCUT2D eigenvalue weighted by molar-refractivity contribution is -0.137. The fourth-order valence-electron chi connectivity index (χ4n) is 2.52. The van der Waals surface area contributed by atoms with Crippen molar-refractivity contribution in [2.75, 3.05) is 5.32 Å². The summed E-state index contributed by atoms with van der Waals surface area (Å²) in [6.45, 7) is 1.85. The lowest BCUT2D eigenvalue weighted by Crippen LogP contribution is -2.08. The molecule has 3 rings (SSSR count). The second kappa shape index (κ2) is 6.62. The Morgan fingerprint density at radius 2 is 1.92 bits per heavy atom. The van der Waals surface area contributed by atoms with Gasteiger partial charge in [0.05, 0.1) is 23.1 Å². The summed E-state index contributed by atoms with van der Waals surface area (Å²) in [6, 6.07) is 6.33. The second-order valence-corrected chi connectivity index (χ2v) is 5.75. The van der Waals surface area contributed by atoms with Crippen molar-refractivity contribution in [3.63, 3.8) is 0 Å². The van der Waals surface area contributed by atoms with Crippen molar-refractivity contribution < 1.29 is 18.0 Å². The molecule has 8 heteroatoms. The number of halogens is 3. The molecule has 2 aromatic heterocycles. The van der Waals surface area contributed by atoms with Crippen LogP contribution >= 0.6 is 0 Å². The Morgan fingerprint density at radius 3 is 2.58 bits per heavy atom. The molecule has 134 valence electrons. The van der Waals surface area contributed by atoms with Gasteiger partial charge in [0.2, 0.25) is 5.91 Å². The van der Waals surface area contributed by atoms with E-state index in [0.717, 1.165) is 23.2 Å². The Bertz CT molecular complexity index is 988. The number of carbonyl (C=O) groups excluding carboxylic acids is 1. The number of aryl methyl sites for hydroxylation is 2. The van der Waals surface area contributed by atoms with E-state index in [2.05, 4.69) is 15.4 Å². The number of nitrogens with one attached hydrogen (secondary N) is 1. The fourth-order valence-corrected chi connectivity index (χ4v) is 2.52. The fraction of sp³-hybridized carbons (Fsp3) is 0.167. The molecule has 3 aromatic rings. The van der Waals surface area contributed by atoms with Gasteiger partial charge in [-0.3, -0.25) is 9.48 Å². The van der Waals surface area contributed by atoms with Gasteiger partial charge in [0, 0.05) is 18.5 Å². The third-order valence-electron chi connectivity index (χ3n) is 3.80. The van der Waals surface area contributed by atoms with E-state index in [9.17, 15) is 18.0 Å². The molecule has 1 N–H and O–H groups in total. The van der Waals surface area contributed by atoms with Crippen LogP contribution in [0.25, 0.3) is 17.1 Å². The average Bonchev–Trinajstić information content (AvgIpc) is 2.86. The molecule has 0 atom stereocenters. The zero-order valence-electron chi connectivity index (χ0n) is 14.0. The highest BCUT2D eigenvalue weighted by Crippen LogP contribution is 2.29. The van der Waals surface area contributed by atoms with Crippen molar-refractivity contribution in [3.05, 3.63) is 59.4 Å². The number of pyridine rings is 1. The van der Waals surface area contributed by atoms with Crippen molar-refractivity contribution in [1.82, 2.24) is 14.8 Å². The number of carbonyl (C=O) groups is 1. The van der Waals surface area contributed by atoms with Gasteiger partial charge >= 0.3 is 6.18 Å². The van der Waals surface area contributed by atoms with Gasteiger partial charge in [0.25, 0.3) is 0 Å². The van der Waals surface area contributed by atoms with Crippen molar-refractivity contribution in [2.24, 2.45) is 7.05 Å². The van der Waals surface area contributed by atoms with E-state index >= 15 is 0 Å². The topological polar surface area (TPSA) is 59.8 Å². The van der Waals surface area contributed by atoms with Gasteiger partial charge in [0.15, 0.2) is 5.65 Å². The summed E-state index contributed by atoms with van der Waals surface area (Å²) in [7, 11) is 1.79. The summed E-state index contributed by atoms with van der Waals surface area (Å²) in [4.78, 5) is 16.3. The van der Waals surface area contributed by atoms with Crippen LogP contribution in [0.1, 0.15) is 16.8 Å². The number of benzene rings is 1. The predicted octanol–water partition coefficient (Wildman–Crippen LogP) is 3.95. The van der Waals surface area contributed by atoms with E-state index in [4.69, 9.17) is 0 Å². The van der Waals surface area contributed by atoms with Gasteiger partial charge in [-0.1, -0.05) is 12.1 Å². The van der Waals surface area contributed by atoms with Crippen molar-refractivity contribution in [3.8, 4) is 0 Å². The molecule has 0 aliphatic carbocycles. The molecule has 0 unspecified atom stereocenters. The molecule has 0 radical (unpaired) electrons. The Labute approximate surface area is 147 Å². The molecule has 5 nitrogen and oxygen atoms in total. The van der Waals surface area contributed by atoms with Gasteiger partial charge in [-0.15, -0.1) is 0 Å². The summed E-state index contributed by atoms with van der Waals surface area (Å²) in [5.74, 6) is -0.410. The number of alkyl halides is 3. The molecule has 1 aromatic carbocycles. The number of aromatic nitrogens is 3. The standard InChI is InChI=1S/C18H15F3N4O/c1-11-15-9-14(10-22-17(15)25(2)24-11)23-16(26)8-5-12-3-6-13(7-4-12)18(19,20)21/h3-10H,1-2H3,(H,23,26)/b8-5+. The molecule has 0 aliphatic rings. The molecular formula is C18H15F3N4O. The minimum atomic E-state index is -4.38. The number of anilines is 1. The Kier molecular flexibility index (Phi) is 4.50. The molecule has 0 saturated heterocycles. The van der Waals surface area contributed by atoms with E-state index < -0.39 is 17.6 Å². The third kappa shape index (κ3) is 3.74. The summed E-state index contributed by atoms with van der Waals surface area (Å²) in [6.07, 6.45) is -0.164. The third-order valence-corrected chi connectivity index (χ3v) is 3.80. The van der Waals surface area contributed by atoms with Crippen LogP contribution < -0.4 is 5.32 Å². The molecule has 26 heavy (non-hydrogen) atoms. The average molecular weight is 360 g/mol. The van der Waals surface area contributed by atoms with Crippen LogP contribution in [0.15, 0.2) is 42.6 Å². The summed E-state index contributed by atoms with van der Waals surface area (Å²) in [5.41, 5.74) is 1.78. The molecule has 2 heterocycles. The van der Waals surface area contributed by atoms with Gasteiger partial charge in [-0.25, -0.2) is 4.98 Å². The van der Waals surface area contributed by atoms with E-state index in [-0.39, 0.29) is 0 Å². The summed E-state index contributed by atoms with van der Waals surface area (Å²) in [5, 5.41) is 7.76. The molecule has 0 saturated carbocycles. The predicted molar refractivity (Wildman–Crippen MR) is 92.4 cm³/mol. The highest BCUT2D eigenvalue weighted by atomic mass is 19.4. The van der Waals surface area contributed by atoms with Crippen LogP contribution in [-0.2, 0) is 18.0 Å².